The standard InChI is InChI=1S/C14H19N3O2S/c1-4-12(10-5-7-11(19-3)8-6-10)15-14-16-13(9-18-2)17-20-14/h5-8,12H,4,9H2,1-3H3,(H,15,16,17). The maximum absolute atomic E-state index is 5.18. The number of hydrogen-bond acceptors (Lipinski definition) is 6. The Bertz CT molecular complexity index is 527. The minimum atomic E-state index is 0.212. The van der Waals surface area contributed by atoms with E-state index in [1.807, 2.05) is 12.1 Å². The Morgan fingerprint density at radius 3 is 2.60 bits per heavy atom. The fourth-order valence-corrected chi connectivity index (χ4v) is 2.53. The first-order valence-electron chi connectivity index (χ1n) is 6.48. The number of rotatable bonds is 7. The summed E-state index contributed by atoms with van der Waals surface area (Å²) in [6, 6.07) is 8.28. The lowest BCUT2D eigenvalue weighted by atomic mass is 10.0. The van der Waals surface area contributed by atoms with Crippen LogP contribution in [0.15, 0.2) is 24.3 Å². The van der Waals surface area contributed by atoms with Gasteiger partial charge >= 0.3 is 0 Å². The van der Waals surface area contributed by atoms with Crippen molar-refractivity contribution in [3.63, 3.8) is 0 Å². The molecule has 108 valence electrons. The number of benzene rings is 1. The van der Waals surface area contributed by atoms with Gasteiger partial charge in [0.15, 0.2) is 5.82 Å². The van der Waals surface area contributed by atoms with Crippen LogP contribution in [0.5, 0.6) is 5.75 Å². The van der Waals surface area contributed by atoms with Gasteiger partial charge in [0.1, 0.15) is 12.4 Å². The highest BCUT2D eigenvalue weighted by molar-refractivity contribution is 7.09. The van der Waals surface area contributed by atoms with E-state index >= 15 is 0 Å². The molecule has 0 bridgehead atoms. The molecule has 0 saturated carbocycles. The average molecular weight is 293 g/mol. The normalized spacial score (nSPS) is 12.2. The third-order valence-corrected chi connectivity index (χ3v) is 3.65. The molecule has 2 aromatic rings. The fourth-order valence-electron chi connectivity index (χ4n) is 1.91. The average Bonchev–Trinajstić information content (AvgIpc) is 2.93. The smallest absolute Gasteiger partial charge is 0.203 e. The summed E-state index contributed by atoms with van der Waals surface area (Å²) in [5.74, 6) is 1.58. The molecule has 2 rings (SSSR count). The molecule has 0 fully saturated rings. The summed E-state index contributed by atoms with van der Waals surface area (Å²) >= 11 is 1.36. The maximum atomic E-state index is 5.18. The van der Waals surface area contributed by atoms with Crippen LogP contribution in [-0.4, -0.2) is 23.6 Å². The van der Waals surface area contributed by atoms with Crippen LogP contribution in [0.2, 0.25) is 0 Å². The molecular weight excluding hydrogens is 274 g/mol. The summed E-state index contributed by atoms with van der Waals surface area (Å²) < 4.78 is 14.4. The number of nitrogens with zero attached hydrogens (tertiary/aromatic N) is 2. The van der Waals surface area contributed by atoms with Crippen LogP contribution in [0.25, 0.3) is 0 Å². The van der Waals surface area contributed by atoms with Gasteiger partial charge in [-0.25, -0.2) is 4.98 Å². The van der Waals surface area contributed by atoms with Gasteiger partial charge in [-0.2, -0.15) is 4.37 Å². The molecule has 0 radical (unpaired) electrons. The van der Waals surface area contributed by atoms with Crippen molar-refractivity contribution in [3.8, 4) is 5.75 Å². The highest BCUT2D eigenvalue weighted by Crippen LogP contribution is 2.25. The third-order valence-electron chi connectivity index (χ3n) is 2.97. The molecule has 6 heteroatoms. The molecule has 1 aromatic heterocycles. The molecule has 1 N–H and O–H groups in total. The van der Waals surface area contributed by atoms with Crippen molar-refractivity contribution < 1.29 is 9.47 Å². The van der Waals surface area contributed by atoms with Crippen molar-refractivity contribution in [2.45, 2.75) is 26.0 Å². The van der Waals surface area contributed by atoms with Crippen LogP contribution in [0.4, 0.5) is 5.13 Å². The number of anilines is 1. The van der Waals surface area contributed by atoms with E-state index in [4.69, 9.17) is 9.47 Å². The predicted molar refractivity (Wildman–Crippen MR) is 80.3 cm³/mol. The van der Waals surface area contributed by atoms with E-state index in [1.165, 1.54) is 17.1 Å². The van der Waals surface area contributed by atoms with Gasteiger partial charge in [-0.1, -0.05) is 19.1 Å². The Labute approximate surface area is 123 Å². The predicted octanol–water partition coefficient (Wildman–Crippen LogP) is 3.26. The van der Waals surface area contributed by atoms with Crippen LogP contribution in [0.1, 0.15) is 30.8 Å². The highest BCUT2D eigenvalue weighted by Gasteiger charge is 2.12. The minimum Gasteiger partial charge on any atom is -0.497 e. The monoisotopic (exact) mass is 293 g/mol. The van der Waals surface area contributed by atoms with Gasteiger partial charge in [-0.3, -0.25) is 0 Å². The molecule has 0 aliphatic carbocycles. The van der Waals surface area contributed by atoms with Crippen molar-refractivity contribution in [2.24, 2.45) is 0 Å². The summed E-state index contributed by atoms with van der Waals surface area (Å²) in [5, 5.41) is 4.23. The quantitative estimate of drug-likeness (QED) is 0.849. The topological polar surface area (TPSA) is 56.3 Å². The zero-order valence-electron chi connectivity index (χ0n) is 11.9. The number of nitrogens with one attached hydrogen (secondary N) is 1. The molecule has 1 unspecified atom stereocenters. The van der Waals surface area contributed by atoms with E-state index in [0.29, 0.717) is 12.4 Å². The van der Waals surface area contributed by atoms with Crippen molar-refractivity contribution in [2.75, 3.05) is 19.5 Å². The Morgan fingerprint density at radius 2 is 2.00 bits per heavy atom. The van der Waals surface area contributed by atoms with Crippen LogP contribution in [0.3, 0.4) is 0 Å². The van der Waals surface area contributed by atoms with Gasteiger partial charge in [0.05, 0.1) is 13.2 Å². The summed E-state index contributed by atoms with van der Waals surface area (Å²) in [7, 11) is 3.31. The molecule has 0 saturated heterocycles. The van der Waals surface area contributed by atoms with Crippen molar-refractivity contribution in [1.29, 1.82) is 0 Å². The lowest BCUT2D eigenvalue weighted by Crippen LogP contribution is -2.09. The second kappa shape index (κ2) is 7.21. The van der Waals surface area contributed by atoms with Gasteiger partial charge in [-0.05, 0) is 24.1 Å². The van der Waals surface area contributed by atoms with Gasteiger partial charge in [0, 0.05) is 18.6 Å². The number of ether oxygens (including phenoxy) is 2. The second-order valence-electron chi connectivity index (χ2n) is 4.33. The molecule has 20 heavy (non-hydrogen) atoms. The zero-order chi connectivity index (χ0) is 14.4. The lowest BCUT2D eigenvalue weighted by molar-refractivity contribution is 0.179. The number of methoxy groups -OCH3 is 2. The van der Waals surface area contributed by atoms with Gasteiger partial charge in [-0.15, -0.1) is 0 Å². The first kappa shape index (κ1) is 14.7. The van der Waals surface area contributed by atoms with Gasteiger partial charge in [0.25, 0.3) is 0 Å². The fraction of sp³-hybridized carbons (Fsp3) is 0.429. The summed E-state index contributed by atoms with van der Waals surface area (Å²) in [6.07, 6.45) is 0.964. The first-order chi connectivity index (χ1) is 9.76. The molecular formula is C14H19N3O2S. The molecule has 0 aliphatic heterocycles. The molecule has 0 amide bonds. The molecule has 0 aliphatic rings. The Kier molecular flexibility index (Phi) is 5.31. The summed E-state index contributed by atoms with van der Waals surface area (Å²) in [6.45, 7) is 2.58. The zero-order valence-corrected chi connectivity index (χ0v) is 12.7. The van der Waals surface area contributed by atoms with Crippen LogP contribution < -0.4 is 10.1 Å². The molecule has 5 nitrogen and oxygen atoms in total. The van der Waals surface area contributed by atoms with Crippen LogP contribution in [-0.2, 0) is 11.3 Å². The molecule has 0 spiro atoms. The van der Waals surface area contributed by atoms with E-state index < -0.39 is 0 Å². The number of hydrogen-bond donors (Lipinski definition) is 1. The molecule has 1 heterocycles. The van der Waals surface area contributed by atoms with Crippen LogP contribution in [0, 0.1) is 0 Å². The Morgan fingerprint density at radius 1 is 1.25 bits per heavy atom. The van der Waals surface area contributed by atoms with E-state index in [1.54, 1.807) is 14.2 Å². The lowest BCUT2D eigenvalue weighted by Gasteiger charge is -2.16. The van der Waals surface area contributed by atoms with Crippen LogP contribution >= 0.6 is 11.5 Å². The van der Waals surface area contributed by atoms with Crippen molar-refractivity contribution in [3.05, 3.63) is 35.7 Å². The van der Waals surface area contributed by atoms with Crippen molar-refractivity contribution >= 4 is 16.7 Å². The van der Waals surface area contributed by atoms with E-state index in [9.17, 15) is 0 Å². The summed E-state index contributed by atoms with van der Waals surface area (Å²) in [4.78, 5) is 4.39. The maximum Gasteiger partial charge on any atom is 0.203 e. The third kappa shape index (κ3) is 3.68. The van der Waals surface area contributed by atoms with Crippen molar-refractivity contribution in [1.82, 2.24) is 9.36 Å². The number of aromatic nitrogens is 2. The molecule has 1 atom stereocenters. The van der Waals surface area contributed by atoms with E-state index in [0.717, 1.165) is 17.3 Å². The SMILES string of the molecule is CCC(Nc1nc(COC)ns1)c1ccc(OC)cc1. The van der Waals surface area contributed by atoms with E-state index in [2.05, 4.69) is 33.7 Å². The van der Waals surface area contributed by atoms with Gasteiger partial charge in [0.2, 0.25) is 5.13 Å². The first-order valence-corrected chi connectivity index (χ1v) is 7.26. The highest BCUT2D eigenvalue weighted by atomic mass is 32.1. The minimum absolute atomic E-state index is 0.212. The summed E-state index contributed by atoms with van der Waals surface area (Å²) in [5.41, 5.74) is 1.21. The Balaban J connectivity index is 2.06. The second-order valence-corrected chi connectivity index (χ2v) is 5.08. The molecule has 1 aromatic carbocycles. The van der Waals surface area contributed by atoms with E-state index in [-0.39, 0.29) is 6.04 Å². The van der Waals surface area contributed by atoms with Gasteiger partial charge < -0.3 is 14.8 Å². The Hall–Kier alpha value is -1.66. The largest absolute Gasteiger partial charge is 0.497 e.